The fraction of sp³-hybridized carbons (Fsp3) is 0.0588. The van der Waals surface area contributed by atoms with Crippen molar-refractivity contribution in [1.82, 2.24) is 10.2 Å². The maximum atomic E-state index is 13.6. The van der Waals surface area contributed by atoms with Crippen LogP contribution in [-0.2, 0) is 6.61 Å². The highest BCUT2D eigenvalue weighted by Crippen LogP contribution is 2.24. The summed E-state index contributed by atoms with van der Waals surface area (Å²) in [6.07, 6.45) is 3.50. The Morgan fingerprint density at radius 3 is 2.71 bits per heavy atom. The molecule has 1 heterocycles. The zero-order valence-electron chi connectivity index (χ0n) is 12.4. The van der Waals surface area contributed by atoms with E-state index in [1.807, 2.05) is 24.3 Å². The third kappa shape index (κ3) is 4.10. The fourth-order valence-corrected chi connectivity index (χ4v) is 2.69. The molecule has 0 aliphatic heterocycles. The lowest BCUT2D eigenvalue weighted by atomic mass is 10.2. The topological polar surface area (TPSA) is 74.2 Å². The molecule has 0 amide bonds. The SMILES string of the molecule is Nc1nnc(/C=C/c2ccc(OCc3ccccc3F)c(I)c2)o1. The number of rotatable bonds is 5. The van der Waals surface area contributed by atoms with E-state index in [1.54, 1.807) is 24.3 Å². The van der Waals surface area contributed by atoms with E-state index in [-0.39, 0.29) is 18.4 Å². The second kappa shape index (κ2) is 7.43. The third-order valence-corrected chi connectivity index (χ3v) is 4.01. The minimum absolute atomic E-state index is 0.0288. The van der Waals surface area contributed by atoms with E-state index in [4.69, 9.17) is 14.9 Å². The number of halogens is 2. The quantitative estimate of drug-likeness (QED) is 0.608. The number of aromatic nitrogens is 2. The van der Waals surface area contributed by atoms with Crippen LogP contribution in [0, 0.1) is 9.39 Å². The van der Waals surface area contributed by atoms with Crippen LogP contribution in [0.15, 0.2) is 46.9 Å². The summed E-state index contributed by atoms with van der Waals surface area (Å²) in [4.78, 5) is 0. The lowest BCUT2D eigenvalue weighted by molar-refractivity contribution is 0.297. The van der Waals surface area contributed by atoms with Crippen molar-refractivity contribution in [2.24, 2.45) is 0 Å². The van der Waals surface area contributed by atoms with Gasteiger partial charge < -0.3 is 14.9 Å². The molecule has 0 aliphatic carbocycles. The van der Waals surface area contributed by atoms with Crippen molar-refractivity contribution in [2.75, 3.05) is 5.73 Å². The summed E-state index contributed by atoms with van der Waals surface area (Å²) < 4.78 is 25.3. The monoisotopic (exact) mass is 437 g/mol. The average Bonchev–Trinajstić information content (AvgIpc) is 2.99. The molecule has 0 spiro atoms. The Labute approximate surface area is 151 Å². The van der Waals surface area contributed by atoms with Crippen LogP contribution in [0.2, 0.25) is 0 Å². The van der Waals surface area contributed by atoms with E-state index in [9.17, 15) is 4.39 Å². The summed E-state index contributed by atoms with van der Waals surface area (Å²) in [6, 6.07) is 12.2. The van der Waals surface area contributed by atoms with Crippen LogP contribution in [0.3, 0.4) is 0 Å². The zero-order chi connectivity index (χ0) is 16.9. The second-order valence-electron chi connectivity index (χ2n) is 4.88. The second-order valence-corrected chi connectivity index (χ2v) is 6.04. The number of ether oxygens (including phenoxy) is 1. The van der Waals surface area contributed by atoms with Gasteiger partial charge in [-0.1, -0.05) is 29.4 Å². The molecular weight excluding hydrogens is 424 g/mol. The first-order chi connectivity index (χ1) is 11.6. The Hall–Kier alpha value is -2.42. The summed E-state index contributed by atoms with van der Waals surface area (Å²) in [5.74, 6) is 0.756. The number of nitrogens with two attached hydrogens (primary N) is 1. The van der Waals surface area contributed by atoms with Crippen LogP contribution in [0.25, 0.3) is 12.2 Å². The molecule has 3 aromatic rings. The number of nitrogen functional groups attached to an aromatic ring is 1. The standard InChI is InChI=1S/C17H13FIN3O2/c18-13-4-2-1-3-12(13)10-23-15-7-5-11(9-14(15)19)6-8-16-21-22-17(20)24-16/h1-9H,10H2,(H2,20,22)/b8-6+. The van der Waals surface area contributed by atoms with Gasteiger partial charge in [0.1, 0.15) is 18.2 Å². The molecule has 24 heavy (non-hydrogen) atoms. The van der Waals surface area contributed by atoms with Gasteiger partial charge in [0.2, 0.25) is 5.89 Å². The summed E-state index contributed by atoms with van der Waals surface area (Å²) >= 11 is 2.17. The predicted molar refractivity (Wildman–Crippen MR) is 97.5 cm³/mol. The number of hydrogen-bond donors (Lipinski definition) is 1. The van der Waals surface area contributed by atoms with Crippen LogP contribution >= 0.6 is 22.6 Å². The molecule has 122 valence electrons. The maximum absolute atomic E-state index is 13.6. The van der Waals surface area contributed by atoms with E-state index in [0.717, 1.165) is 9.13 Å². The van der Waals surface area contributed by atoms with E-state index in [2.05, 4.69) is 32.8 Å². The first-order valence-electron chi connectivity index (χ1n) is 7.04. The van der Waals surface area contributed by atoms with Gasteiger partial charge in [-0.2, -0.15) is 0 Å². The average molecular weight is 437 g/mol. The van der Waals surface area contributed by atoms with Crippen molar-refractivity contribution < 1.29 is 13.5 Å². The maximum Gasteiger partial charge on any atom is 0.313 e. The number of hydrogen-bond acceptors (Lipinski definition) is 5. The molecule has 3 rings (SSSR count). The molecule has 2 N–H and O–H groups in total. The molecule has 0 unspecified atom stereocenters. The van der Waals surface area contributed by atoms with Gasteiger partial charge in [0.25, 0.3) is 0 Å². The largest absolute Gasteiger partial charge is 0.488 e. The molecule has 0 saturated carbocycles. The van der Waals surface area contributed by atoms with E-state index < -0.39 is 0 Å². The van der Waals surface area contributed by atoms with Crippen LogP contribution in [-0.4, -0.2) is 10.2 Å². The molecule has 0 fully saturated rings. The molecule has 1 aromatic heterocycles. The lowest BCUT2D eigenvalue weighted by Gasteiger charge is -2.09. The van der Waals surface area contributed by atoms with Gasteiger partial charge >= 0.3 is 6.01 Å². The van der Waals surface area contributed by atoms with Crippen molar-refractivity contribution in [2.45, 2.75) is 6.61 Å². The zero-order valence-corrected chi connectivity index (χ0v) is 14.6. The van der Waals surface area contributed by atoms with Crippen LogP contribution in [0.4, 0.5) is 10.4 Å². The normalized spacial score (nSPS) is 11.1. The highest BCUT2D eigenvalue weighted by Gasteiger charge is 2.05. The molecule has 0 radical (unpaired) electrons. The molecule has 0 bridgehead atoms. The van der Waals surface area contributed by atoms with Gasteiger partial charge in [0.05, 0.1) is 3.57 Å². The highest BCUT2D eigenvalue weighted by molar-refractivity contribution is 14.1. The Kier molecular flexibility index (Phi) is 5.09. The van der Waals surface area contributed by atoms with Gasteiger partial charge in [0, 0.05) is 11.6 Å². The minimum atomic E-state index is -0.272. The van der Waals surface area contributed by atoms with Crippen molar-refractivity contribution in [3.8, 4) is 5.75 Å². The first kappa shape index (κ1) is 16.4. The lowest BCUT2D eigenvalue weighted by Crippen LogP contribution is -1.99. The Morgan fingerprint density at radius 1 is 1.17 bits per heavy atom. The van der Waals surface area contributed by atoms with Crippen LogP contribution in [0.5, 0.6) is 5.75 Å². The summed E-state index contributed by atoms with van der Waals surface area (Å²) in [6.45, 7) is 0.180. The summed E-state index contributed by atoms with van der Waals surface area (Å²) in [5.41, 5.74) is 6.82. The van der Waals surface area contributed by atoms with E-state index in [1.165, 1.54) is 6.07 Å². The van der Waals surface area contributed by atoms with Gasteiger partial charge in [-0.3, -0.25) is 0 Å². The molecule has 0 atom stereocenters. The van der Waals surface area contributed by atoms with Crippen molar-refractivity contribution in [3.63, 3.8) is 0 Å². The van der Waals surface area contributed by atoms with Gasteiger partial charge in [0.15, 0.2) is 0 Å². The minimum Gasteiger partial charge on any atom is -0.488 e. The summed E-state index contributed by atoms with van der Waals surface area (Å²) in [5, 5.41) is 7.33. The Morgan fingerprint density at radius 2 is 2.00 bits per heavy atom. The van der Waals surface area contributed by atoms with E-state index >= 15 is 0 Å². The highest BCUT2D eigenvalue weighted by atomic mass is 127. The van der Waals surface area contributed by atoms with Crippen molar-refractivity contribution >= 4 is 40.8 Å². The van der Waals surface area contributed by atoms with Gasteiger partial charge in [-0.15, -0.1) is 5.10 Å². The fourth-order valence-electron chi connectivity index (χ4n) is 1.99. The molecule has 0 saturated heterocycles. The molecular formula is C17H13FIN3O2. The van der Waals surface area contributed by atoms with Gasteiger partial charge in [-0.25, -0.2) is 4.39 Å². The Bertz CT molecular complexity index is 880. The van der Waals surface area contributed by atoms with Crippen molar-refractivity contribution in [3.05, 3.63) is 68.9 Å². The van der Waals surface area contributed by atoms with Gasteiger partial charge in [-0.05, 0) is 52.4 Å². The molecule has 2 aromatic carbocycles. The van der Waals surface area contributed by atoms with E-state index in [0.29, 0.717) is 17.2 Å². The number of anilines is 1. The Balaban J connectivity index is 1.68. The van der Waals surface area contributed by atoms with Crippen LogP contribution in [0.1, 0.15) is 17.0 Å². The third-order valence-electron chi connectivity index (χ3n) is 3.17. The summed E-state index contributed by atoms with van der Waals surface area (Å²) in [7, 11) is 0. The molecule has 5 nitrogen and oxygen atoms in total. The number of nitrogens with zero attached hydrogens (tertiary/aromatic N) is 2. The van der Waals surface area contributed by atoms with Crippen LogP contribution < -0.4 is 10.5 Å². The smallest absolute Gasteiger partial charge is 0.313 e. The van der Waals surface area contributed by atoms with Crippen molar-refractivity contribution in [1.29, 1.82) is 0 Å². The molecule has 0 aliphatic rings. The first-order valence-corrected chi connectivity index (χ1v) is 8.12. The number of benzene rings is 2. The molecule has 7 heteroatoms. The predicted octanol–water partition coefficient (Wildman–Crippen LogP) is 4.14.